The van der Waals surface area contributed by atoms with Gasteiger partial charge in [-0.15, -0.1) is 11.3 Å². The van der Waals surface area contributed by atoms with Gasteiger partial charge in [0.05, 0.1) is 18.8 Å². The van der Waals surface area contributed by atoms with E-state index < -0.39 is 0 Å². The Labute approximate surface area is 145 Å². The predicted molar refractivity (Wildman–Crippen MR) is 97.5 cm³/mol. The van der Waals surface area contributed by atoms with Gasteiger partial charge >= 0.3 is 0 Å². The van der Waals surface area contributed by atoms with Crippen LogP contribution in [0.1, 0.15) is 23.5 Å². The minimum atomic E-state index is -0.0564. The zero-order valence-electron chi connectivity index (χ0n) is 13.7. The van der Waals surface area contributed by atoms with Crippen LogP contribution in [-0.4, -0.2) is 12.1 Å². The van der Waals surface area contributed by atoms with Gasteiger partial charge in [-0.05, 0) is 30.7 Å². The Balaban J connectivity index is 1.79. The average molecular weight is 340 g/mol. The van der Waals surface area contributed by atoms with E-state index in [9.17, 15) is 0 Å². The molecule has 0 spiro atoms. The van der Waals surface area contributed by atoms with Crippen molar-refractivity contribution in [2.24, 2.45) is 5.73 Å². The molecule has 3 rings (SSSR count). The van der Waals surface area contributed by atoms with Gasteiger partial charge < -0.3 is 15.2 Å². The van der Waals surface area contributed by atoms with Gasteiger partial charge in [-0.3, -0.25) is 0 Å². The van der Waals surface area contributed by atoms with Gasteiger partial charge in [0.15, 0.2) is 11.5 Å². The summed E-state index contributed by atoms with van der Waals surface area (Å²) in [4.78, 5) is 4.58. The van der Waals surface area contributed by atoms with Crippen LogP contribution in [0, 0.1) is 0 Å². The molecule has 0 amide bonds. The number of hydrogen-bond donors (Lipinski definition) is 1. The minimum Gasteiger partial charge on any atom is -0.493 e. The Kier molecular flexibility index (Phi) is 5.13. The SMILES string of the molecule is COc1cc(-c2csc(C(C)N)n2)ccc1OCc1ccccc1. The maximum atomic E-state index is 5.89. The number of rotatable bonds is 6. The first-order valence-corrected chi connectivity index (χ1v) is 8.61. The number of methoxy groups -OCH3 is 1. The standard InChI is InChI=1S/C19H20N2O2S/c1-13(20)19-21-16(12-24-19)15-8-9-17(18(10-15)22-2)23-11-14-6-4-3-5-7-14/h3-10,12-13H,11,20H2,1-2H3. The third kappa shape index (κ3) is 3.75. The molecule has 5 heteroatoms. The van der Waals surface area contributed by atoms with Gasteiger partial charge in [-0.25, -0.2) is 4.98 Å². The van der Waals surface area contributed by atoms with E-state index in [0.717, 1.165) is 21.8 Å². The van der Waals surface area contributed by atoms with Crippen LogP contribution in [0.4, 0.5) is 0 Å². The van der Waals surface area contributed by atoms with Crippen LogP contribution < -0.4 is 15.2 Å². The van der Waals surface area contributed by atoms with Crippen molar-refractivity contribution in [2.75, 3.05) is 7.11 Å². The summed E-state index contributed by atoms with van der Waals surface area (Å²) in [7, 11) is 1.64. The van der Waals surface area contributed by atoms with Crippen molar-refractivity contribution in [3.8, 4) is 22.8 Å². The second-order valence-corrected chi connectivity index (χ2v) is 6.39. The van der Waals surface area contributed by atoms with E-state index in [2.05, 4.69) is 4.98 Å². The molecule has 2 N–H and O–H groups in total. The molecule has 0 fully saturated rings. The number of nitrogens with zero attached hydrogens (tertiary/aromatic N) is 1. The molecule has 0 saturated heterocycles. The van der Waals surface area contributed by atoms with Gasteiger partial charge in [0.1, 0.15) is 11.6 Å². The third-order valence-corrected chi connectivity index (χ3v) is 4.65. The highest BCUT2D eigenvalue weighted by Gasteiger charge is 2.11. The number of hydrogen-bond acceptors (Lipinski definition) is 5. The van der Waals surface area contributed by atoms with Crippen LogP contribution >= 0.6 is 11.3 Å². The highest BCUT2D eigenvalue weighted by molar-refractivity contribution is 7.10. The minimum absolute atomic E-state index is 0.0564. The highest BCUT2D eigenvalue weighted by Crippen LogP contribution is 2.34. The van der Waals surface area contributed by atoms with Crippen LogP contribution in [-0.2, 0) is 6.61 Å². The second-order valence-electron chi connectivity index (χ2n) is 5.50. The number of nitrogens with two attached hydrogens (primary N) is 1. The van der Waals surface area contributed by atoms with Gasteiger partial charge in [-0.1, -0.05) is 30.3 Å². The van der Waals surface area contributed by atoms with E-state index in [-0.39, 0.29) is 6.04 Å². The first-order chi connectivity index (χ1) is 11.7. The van der Waals surface area contributed by atoms with Crippen molar-refractivity contribution in [1.82, 2.24) is 4.98 Å². The molecule has 1 atom stereocenters. The summed E-state index contributed by atoms with van der Waals surface area (Å²) in [5.74, 6) is 1.41. The summed E-state index contributed by atoms with van der Waals surface area (Å²) >= 11 is 1.57. The largest absolute Gasteiger partial charge is 0.493 e. The lowest BCUT2D eigenvalue weighted by molar-refractivity contribution is 0.284. The fraction of sp³-hybridized carbons (Fsp3) is 0.211. The molecular formula is C19H20N2O2S. The average Bonchev–Trinajstić information content (AvgIpc) is 3.11. The van der Waals surface area contributed by atoms with Gasteiger partial charge in [-0.2, -0.15) is 0 Å². The van der Waals surface area contributed by atoms with Crippen molar-refractivity contribution in [2.45, 2.75) is 19.6 Å². The van der Waals surface area contributed by atoms with E-state index >= 15 is 0 Å². The maximum Gasteiger partial charge on any atom is 0.161 e. The lowest BCUT2D eigenvalue weighted by Gasteiger charge is -2.12. The van der Waals surface area contributed by atoms with Gasteiger partial charge in [0.2, 0.25) is 0 Å². The van der Waals surface area contributed by atoms with Crippen molar-refractivity contribution in [1.29, 1.82) is 0 Å². The fourth-order valence-electron chi connectivity index (χ4n) is 2.31. The van der Waals surface area contributed by atoms with E-state index in [0.29, 0.717) is 18.1 Å². The molecule has 0 radical (unpaired) electrons. The molecule has 0 aliphatic heterocycles. The van der Waals surface area contributed by atoms with Crippen molar-refractivity contribution in [3.05, 3.63) is 64.5 Å². The number of benzene rings is 2. The van der Waals surface area contributed by atoms with Gasteiger partial charge in [0, 0.05) is 10.9 Å². The Morgan fingerprint density at radius 2 is 1.92 bits per heavy atom. The van der Waals surface area contributed by atoms with Crippen LogP contribution in [0.2, 0.25) is 0 Å². The molecule has 1 unspecified atom stereocenters. The smallest absolute Gasteiger partial charge is 0.161 e. The number of thiazole rings is 1. The highest BCUT2D eigenvalue weighted by atomic mass is 32.1. The van der Waals surface area contributed by atoms with Crippen molar-refractivity contribution in [3.63, 3.8) is 0 Å². The molecule has 2 aromatic carbocycles. The normalized spacial score (nSPS) is 12.0. The Hall–Kier alpha value is -2.37. The molecule has 0 aliphatic rings. The lowest BCUT2D eigenvalue weighted by Crippen LogP contribution is -2.03. The lowest BCUT2D eigenvalue weighted by atomic mass is 10.1. The fourth-order valence-corrected chi connectivity index (χ4v) is 3.10. The summed E-state index contributed by atoms with van der Waals surface area (Å²) in [5.41, 5.74) is 8.89. The molecule has 0 bridgehead atoms. The maximum absolute atomic E-state index is 5.89. The molecule has 0 aliphatic carbocycles. The van der Waals surface area contributed by atoms with E-state index in [1.165, 1.54) is 0 Å². The Morgan fingerprint density at radius 1 is 1.12 bits per heavy atom. The van der Waals surface area contributed by atoms with Crippen LogP contribution in [0.5, 0.6) is 11.5 Å². The Morgan fingerprint density at radius 3 is 2.58 bits per heavy atom. The van der Waals surface area contributed by atoms with E-state index in [1.807, 2.05) is 60.8 Å². The quantitative estimate of drug-likeness (QED) is 0.722. The van der Waals surface area contributed by atoms with E-state index in [1.54, 1.807) is 18.4 Å². The molecule has 1 heterocycles. The molecule has 0 saturated carbocycles. The summed E-state index contributed by atoms with van der Waals surface area (Å²) in [6.07, 6.45) is 0. The second kappa shape index (κ2) is 7.47. The molecular weight excluding hydrogens is 320 g/mol. The Bertz CT molecular complexity index is 800. The molecule has 24 heavy (non-hydrogen) atoms. The zero-order valence-corrected chi connectivity index (χ0v) is 14.5. The monoisotopic (exact) mass is 340 g/mol. The third-order valence-electron chi connectivity index (χ3n) is 3.61. The molecule has 124 valence electrons. The van der Waals surface area contributed by atoms with Crippen LogP contribution in [0.25, 0.3) is 11.3 Å². The number of aromatic nitrogens is 1. The molecule has 4 nitrogen and oxygen atoms in total. The van der Waals surface area contributed by atoms with Crippen molar-refractivity contribution >= 4 is 11.3 Å². The topological polar surface area (TPSA) is 57.4 Å². The molecule has 3 aromatic rings. The zero-order chi connectivity index (χ0) is 16.9. The molecule has 1 aromatic heterocycles. The number of ether oxygens (including phenoxy) is 2. The first kappa shape index (κ1) is 16.5. The van der Waals surface area contributed by atoms with Crippen LogP contribution in [0.15, 0.2) is 53.9 Å². The van der Waals surface area contributed by atoms with Gasteiger partial charge in [0.25, 0.3) is 0 Å². The predicted octanol–water partition coefficient (Wildman–Crippen LogP) is 4.42. The van der Waals surface area contributed by atoms with Crippen molar-refractivity contribution < 1.29 is 9.47 Å². The summed E-state index contributed by atoms with van der Waals surface area (Å²) in [5, 5.41) is 2.94. The first-order valence-electron chi connectivity index (χ1n) is 7.73. The van der Waals surface area contributed by atoms with Crippen LogP contribution in [0.3, 0.4) is 0 Å². The summed E-state index contributed by atoms with van der Waals surface area (Å²) < 4.78 is 11.4. The summed E-state index contributed by atoms with van der Waals surface area (Å²) in [6, 6.07) is 15.8. The van der Waals surface area contributed by atoms with E-state index in [4.69, 9.17) is 15.2 Å². The summed E-state index contributed by atoms with van der Waals surface area (Å²) in [6.45, 7) is 2.44.